The maximum atomic E-state index is 13.1. The average Bonchev–Trinajstić information content (AvgIpc) is 3.32. The van der Waals surface area contributed by atoms with Gasteiger partial charge in [0.15, 0.2) is 5.69 Å². The van der Waals surface area contributed by atoms with Crippen LogP contribution in [0.15, 0.2) is 54.7 Å². The quantitative estimate of drug-likeness (QED) is 0.335. The fourth-order valence-corrected chi connectivity index (χ4v) is 4.19. The third-order valence-corrected chi connectivity index (χ3v) is 5.95. The Morgan fingerprint density at radius 2 is 1.83 bits per heavy atom. The molecular formula is C26H25ClN4O5. The second-order valence-corrected chi connectivity index (χ2v) is 8.45. The van der Waals surface area contributed by atoms with Crippen molar-refractivity contribution in [3.63, 3.8) is 0 Å². The van der Waals surface area contributed by atoms with Crippen molar-refractivity contribution >= 4 is 34.4 Å². The van der Waals surface area contributed by atoms with E-state index >= 15 is 0 Å². The highest BCUT2D eigenvalue weighted by Gasteiger charge is 2.26. The lowest BCUT2D eigenvalue weighted by Gasteiger charge is -2.15. The van der Waals surface area contributed by atoms with E-state index in [0.29, 0.717) is 51.8 Å². The van der Waals surface area contributed by atoms with Gasteiger partial charge in [0.05, 0.1) is 36.7 Å². The van der Waals surface area contributed by atoms with Crippen LogP contribution in [0, 0.1) is 0 Å². The first-order chi connectivity index (χ1) is 17.4. The molecule has 4 aromatic rings. The standard InChI is InChI=1S/C26H25ClN4O5/c1-4-6-17(26(33)34)29-25(32)19-14-21(24-22(35-2)7-5-8-23(24)36-3)31(30-19)20-11-12-28-18-13-15(27)9-10-16(18)20/h5,7-14,17H,4,6H2,1-3H3,(H,29,32)(H,33,34)/t17-/m0/s1. The molecule has 1 amide bonds. The number of fused-ring (bicyclic) bond motifs is 1. The number of amides is 1. The van der Waals surface area contributed by atoms with Gasteiger partial charge >= 0.3 is 5.97 Å². The van der Waals surface area contributed by atoms with E-state index < -0.39 is 17.9 Å². The molecule has 0 saturated carbocycles. The van der Waals surface area contributed by atoms with Crippen molar-refractivity contribution in [3.05, 3.63) is 65.4 Å². The summed E-state index contributed by atoms with van der Waals surface area (Å²) >= 11 is 6.17. The fourth-order valence-electron chi connectivity index (χ4n) is 4.03. The molecule has 0 spiro atoms. The molecule has 0 radical (unpaired) electrons. The highest BCUT2D eigenvalue weighted by atomic mass is 35.5. The van der Waals surface area contributed by atoms with Gasteiger partial charge in [-0.25, -0.2) is 9.48 Å². The van der Waals surface area contributed by atoms with E-state index in [0.717, 1.165) is 5.39 Å². The third-order valence-electron chi connectivity index (χ3n) is 5.72. The number of hydrogen-bond donors (Lipinski definition) is 2. The van der Waals surface area contributed by atoms with Gasteiger partial charge in [-0.15, -0.1) is 0 Å². The van der Waals surface area contributed by atoms with E-state index in [1.165, 1.54) is 0 Å². The molecule has 0 fully saturated rings. The van der Waals surface area contributed by atoms with Crippen LogP contribution in [-0.2, 0) is 4.79 Å². The summed E-state index contributed by atoms with van der Waals surface area (Å²) < 4.78 is 12.8. The zero-order chi connectivity index (χ0) is 25.8. The zero-order valence-corrected chi connectivity index (χ0v) is 20.7. The molecule has 4 rings (SSSR count). The fraction of sp³-hybridized carbons (Fsp3) is 0.231. The molecule has 0 aliphatic carbocycles. The summed E-state index contributed by atoms with van der Waals surface area (Å²) in [7, 11) is 3.08. The number of carbonyl (C=O) groups excluding carboxylic acids is 1. The lowest BCUT2D eigenvalue weighted by molar-refractivity contribution is -0.139. The number of nitrogens with one attached hydrogen (secondary N) is 1. The van der Waals surface area contributed by atoms with Crippen LogP contribution in [0.2, 0.25) is 5.02 Å². The van der Waals surface area contributed by atoms with Gasteiger partial charge in [-0.1, -0.05) is 31.0 Å². The number of hydrogen-bond acceptors (Lipinski definition) is 6. The van der Waals surface area contributed by atoms with Gasteiger partial charge in [-0.3, -0.25) is 9.78 Å². The van der Waals surface area contributed by atoms with E-state index in [1.54, 1.807) is 67.6 Å². The summed E-state index contributed by atoms with van der Waals surface area (Å²) in [5.41, 5.74) is 2.42. The molecule has 2 aromatic carbocycles. The number of rotatable bonds is 9. The van der Waals surface area contributed by atoms with E-state index in [2.05, 4.69) is 15.4 Å². The van der Waals surface area contributed by atoms with Crippen molar-refractivity contribution in [2.75, 3.05) is 14.2 Å². The van der Waals surface area contributed by atoms with Crippen LogP contribution in [0.1, 0.15) is 30.3 Å². The predicted octanol–water partition coefficient (Wildman–Crippen LogP) is 4.74. The number of carboxylic acid groups (broad SMARTS) is 1. The molecule has 0 unspecified atom stereocenters. The normalized spacial score (nSPS) is 11.8. The van der Waals surface area contributed by atoms with Crippen molar-refractivity contribution in [1.29, 1.82) is 0 Å². The molecule has 1 atom stereocenters. The average molecular weight is 509 g/mol. The number of carboxylic acids is 1. The Morgan fingerprint density at radius 3 is 2.47 bits per heavy atom. The van der Waals surface area contributed by atoms with E-state index in [9.17, 15) is 14.7 Å². The Kier molecular flexibility index (Phi) is 7.40. The minimum Gasteiger partial charge on any atom is -0.496 e. The predicted molar refractivity (Wildman–Crippen MR) is 136 cm³/mol. The first kappa shape index (κ1) is 25.0. The molecule has 0 aliphatic heterocycles. The maximum Gasteiger partial charge on any atom is 0.326 e. The number of ether oxygens (including phenoxy) is 2. The van der Waals surface area contributed by atoms with Crippen molar-refractivity contribution in [1.82, 2.24) is 20.1 Å². The first-order valence-electron chi connectivity index (χ1n) is 11.3. The van der Waals surface area contributed by atoms with Gasteiger partial charge in [-0.2, -0.15) is 5.10 Å². The monoisotopic (exact) mass is 508 g/mol. The highest BCUT2D eigenvalue weighted by Crippen LogP contribution is 2.40. The van der Waals surface area contributed by atoms with Crippen LogP contribution < -0.4 is 14.8 Å². The molecule has 0 bridgehead atoms. The molecule has 186 valence electrons. The van der Waals surface area contributed by atoms with Crippen molar-refractivity contribution in [2.24, 2.45) is 0 Å². The summed E-state index contributed by atoms with van der Waals surface area (Å²) in [4.78, 5) is 29.2. The van der Waals surface area contributed by atoms with Crippen LogP contribution >= 0.6 is 11.6 Å². The Balaban J connectivity index is 1.94. The topological polar surface area (TPSA) is 116 Å². The number of halogens is 1. The maximum absolute atomic E-state index is 13.1. The lowest BCUT2D eigenvalue weighted by Crippen LogP contribution is -2.40. The van der Waals surface area contributed by atoms with Gasteiger partial charge in [-0.05, 0) is 48.9 Å². The van der Waals surface area contributed by atoms with Crippen LogP contribution in [-0.4, -0.2) is 52.0 Å². The Labute approximate surface area is 212 Å². The summed E-state index contributed by atoms with van der Waals surface area (Å²) in [6.45, 7) is 1.85. The van der Waals surface area contributed by atoms with Crippen LogP contribution in [0.3, 0.4) is 0 Å². The number of methoxy groups -OCH3 is 2. The number of pyridine rings is 1. The zero-order valence-electron chi connectivity index (χ0n) is 20.0. The molecule has 10 heteroatoms. The lowest BCUT2D eigenvalue weighted by atomic mass is 10.1. The number of benzene rings is 2. The third kappa shape index (κ3) is 4.83. The largest absolute Gasteiger partial charge is 0.496 e. The minimum absolute atomic E-state index is 0.0410. The second kappa shape index (κ2) is 10.7. The highest BCUT2D eigenvalue weighted by molar-refractivity contribution is 6.31. The van der Waals surface area contributed by atoms with Gasteiger partial charge in [0.2, 0.25) is 0 Å². The van der Waals surface area contributed by atoms with Gasteiger partial charge in [0.25, 0.3) is 5.91 Å². The van der Waals surface area contributed by atoms with Gasteiger partial charge in [0, 0.05) is 16.6 Å². The van der Waals surface area contributed by atoms with Crippen molar-refractivity contribution in [3.8, 4) is 28.4 Å². The number of carbonyl (C=O) groups is 2. The van der Waals surface area contributed by atoms with Crippen molar-refractivity contribution in [2.45, 2.75) is 25.8 Å². The first-order valence-corrected chi connectivity index (χ1v) is 11.7. The Hall–Kier alpha value is -4.11. The molecule has 9 nitrogen and oxygen atoms in total. The Bertz CT molecular complexity index is 1410. The molecule has 0 saturated heterocycles. The van der Waals surface area contributed by atoms with Crippen LogP contribution in [0.4, 0.5) is 0 Å². The molecule has 2 N–H and O–H groups in total. The molecule has 36 heavy (non-hydrogen) atoms. The molecule has 0 aliphatic rings. The second-order valence-electron chi connectivity index (χ2n) is 8.01. The van der Waals surface area contributed by atoms with E-state index in [-0.39, 0.29) is 5.69 Å². The van der Waals surface area contributed by atoms with Crippen LogP contribution in [0.5, 0.6) is 11.5 Å². The van der Waals surface area contributed by atoms with E-state index in [4.69, 9.17) is 21.1 Å². The smallest absolute Gasteiger partial charge is 0.326 e. The summed E-state index contributed by atoms with van der Waals surface area (Å²) in [6.07, 6.45) is 2.52. The molecule has 2 heterocycles. The van der Waals surface area contributed by atoms with E-state index in [1.807, 2.05) is 13.0 Å². The number of nitrogens with zero attached hydrogens (tertiary/aromatic N) is 3. The van der Waals surface area contributed by atoms with Crippen molar-refractivity contribution < 1.29 is 24.2 Å². The summed E-state index contributed by atoms with van der Waals surface area (Å²) in [5.74, 6) is -0.684. The molecule has 2 aromatic heterocycles. The Morgan fingerprint density at radius 1 is 1.11 bits per heavy atom. The molecular weight excluding hydrogens is 484 g/mol. The van der Waals surface area contributed by atoms with Gasteiger partial charge in [0.1, 0.15) is 17.5 Å². The SMILES string of the molecule is CCC[C@H](NC(=O)c1cc(-c2c(OC)cccc2OC)n(-c2ccnc3cc(Cl)ccc23)n1)C(=O)O. The summed E-state index contributed by atoms with van der Waals surface area (Å²) in [6, 6.07) is 13.0. The number of aliphatic carboxylic acids is 1. The summed E-state index contributed by atoms with van der Waals surface area (Å²) in [5, 5.41) is 18.0. The van der Waals surface area contributed by atoms with Gasteiger partial charge < -0.3 is 19.9 Å². The minimum atomic E-state index is -1.10. The van der Waals surface area contributed by atoms with Crippen LogP contribution in [0.25, 0.3) is 27.8 Å². The number of aromatic nitrogens is 3.